The van der Waals surface area contributed by atoms with Gasteiger partial charge in [-0.25, -0.2) is 9.78 Å². The summed E-state index contributed by atoms with van der Waals surface area (Å²) in [7, 11) is 3.20. The number of H-pyrrole nitrogens is 1. The Morgan fingerprint density at radius 1 is 1.02 bits per heavy atom. The van der Waals surface area contributed by atoms with E-state index in [4.69, 9.17) is 9.47 Å². The molecule has 0 aliphatic carbocycles. The van der Waals surface area contributed by atoms with Crippen LogP contribution in [0.25, 0.3) is 11.0 Å². The van der Waals surface area contributed by atoms with Gasteiger partial charge in [0.1, 0.15) is 22.7 Å². The molecule has 0 aliphatic rings. The fraction of sp³-hybridized carbons (Fsp3) is 0.290. The van der Waals surface area contributed by atoms with Crippen LogP contribution in [-0.4, -0.2) is 47.6 Å². The van der Waals surface area contributed by atoms with Crippen LogP contribution in [0.1, 0.15) is 58.4 Å². The minimum Gasteiger partial charge on any atom is -0.495 e. The molecule has 0 spiro atoms. The van der Waals surface area contributed by atoms with Crippen molar-refractivity contribution in [2.45, 2.75) is 46.8 Å². The third-order valence-corrected chi connectivity index (χ3v) is 6.32. The molecule has 214 valence electrons. The number of aryl methyl sites for hydroxylation is 2. The Morgan fingerprint density at radius 2 is 1.78 bits per heavy atom. The molecule has 4 rings (SSSR count). The van der Waals surface area contributed by atoms with Gasteiger partial charge in [-0.05, 0) is 76.6 Å². The SMILES string of the molecule is COc1cc(C(=O)N(C)c2ccc(C)cc2C)ccc1NC(=O)c1cccc2[nH]c(CNC(=O)OC(C)(C)C)nc12. The molecule has 0 atom stereocenters. The molecular weight excluding hydrogens is 522 g/mol. The second-order valence-corrected chi connectivity index (χ2v) is 10.8. The molecule has 41 heavy (non-hydrogen) atoms. The zero-order chi connectivity index (χ0) is 29.9. The molecule has 0 aliphatic heterocycles. The standard InChI is InChI=1S/C31H35N5O5/c1-18-11-14-24(19(2)15-18)36(6)29(38)20-12-13-22(25(16-20)40-7)34-28(37)21-9-8-10-23-27(21)35-26(33-23)17-32-30(39)41-31(3,4)5/h8-16H,17H2,1-7H3,(H,32,39)(H,33,35)(H,34,37). The van der Waals surface area contributed by atoms with E-state index in [1.807, 2.05) is 32.0 Å². The molecule has 10 nitrogen and oxygen atoms in total. The van der Waals surface area contributed by atoms with Gasteiger partial charge >= 0.3 is 6.09 Å². The summed E-state index contributed by atoms with van der Waals surface area (Å²) in [5.41, 5.74) is 4.55. The van der Waals surface area contributed by atoms with E-state index in [-0.39, 0.29) is 12.5 Å². The van der Waals surface area contributed by atoms with Crippen molar-refractivity contribution in [2.24, 2.45) is 0 Å². The molecule has 10 heteroatoms. The second-order valence-electron chi connectivity index (χ2n) is 10.8. The van der Waals surface area contributed by atoms with Crippen LogP contribution >= 0.6 is 0 Å². The predicted molar refractivity (Wildman–Crippen MR) is 159 cm³/mol. The Bertz CT molecular complexity index is 1620. The lowest BCUT2D eigenvalue weighted by Crippen LogP contribution is -2.32. The maximum Gasteiger partial charge on any atom is 0.408 e. The Balaban J connectivity index is 1.51. The number of amides is 3. The monoisotopic (exact) mass is 557 g/mol. The molecule has 3 aromatic carbocycles. The van der Waals surface area contributed by atoms with Gasteiger partial charge in [-0.1, -0.05) is 23.8 Å². The highest BCUT2D eigenvalue weighted by Crippen LogP contribution is 2.29. The van der Waals surface area contributed by atoms with Crippen LogP contribution in [-0.2, 0) is 11.3 Å². The number of fused-ring (bicyclic) bond motifs is 1. The average Bonchev–Trinajstić information content (AvgIpc) is 3.33. The summed E-state index contributed by atoms with van der Waals surface area (Å²) in [6.07, 6.45) is -0.565. The van der Waals surface area contributed by atoms with Gasteiger partial charge in [-0.3, -0.25) is 9.59 Å². The third kappa shape index (κ3) is 6.84. The van der Waals surface area contributed by atoms with E-state index in [1.165, 1.54) is 7.11 Å². The van der Waals surface area contributed by atoms with Gasteiger partial charge in [0.25, 0.3) is 11.8 Å². The lowest BCUT2D eigenvalue weighted by molar-refractivity contribution is 0.0522. The quantitative estimate of drug-likeness (QED) is 0.266. The Kier molecular flexibility index (Phi) is 8.32. The number of hydrogen-bond acceptors (Lipinski definition) is 6. The highest BCUT2D eigenvalue weighted by atomic mass is 16.6. The van der Waals surface area contributed by atoms with Crippen LogP contribution in [0, 0.1) is 13.8 Å². The molecule has 0 saturated carbocycles. The summed E-state index contributed by atoms with van der Waals surface area (Å²) in [6.45, 7) is 9.42. The van der Waals surface area contributed by atoms with Crippen molar-refractivity contribution in [3.63, 3.8) is 0 Å². The van der Waals surface area contributed by atoms with E-state index in [0.29, 0.717) is 39.4 Å². The Hall–Kier alpha value is -4.86. The number of para-hydroxylation sites is 1. The van der Waals surface area contributed by atoms with Crippen LogP contribution in [0.15, 0.2) is 54.6 Å². The number of carbonyl (C=O) groups excluding carboxylic acids is 3. The summed E-state index contributed by atoms with van der Waals surface area (Å²) in [5.74, 6) is 0.203. The van der Waals surface area contributed by atoms with Crippen LogP contribution in [0.4, 0.5) is 16.2 Å². The number of aromatic amines is 1. The molecule has 3 amide bonds. The van der Waals surface area contributed by atoms with E-state index in [1.54, 1.807) is 69.1 Å². The van der Waals surface area contributed by atoms with Crippen molar-refractivity contribution in [1.82, 2.24) is 15.3 Å². The topological polar surface area (TPSA) is 126 Å². The number of alkyl carbamates (subject to hydrolysis) is 1. The summed E-state index contributed by atoms with van der Waals surface area (Å²) >= 11 is 0. The van der Waals surface area contributed by atoms with Gasteiger partial charge in [0.2, 0.25) is 0 Å². The van der Waals surface area contributed by atoms with Gasteiger partial charge in [0, 0.05) is 18.3 Å². The van der Waals surface area contributed by atoms with E-state index < -0.39 is 17.6 Å². The van der Waals surface area contributed by atoms with Crippen molar-refractivity contribution >= 4 is 40.3 Å². The fourth-order valence-corrected chi connectivity index (χ4v) is 4.42. The summed E-state index contributed by atoms with van der Waals surface area (Å²) in [6, 6.07) is 16.0. The molecule has 3 N–H and O–H groups in total. The highest BCUT2D eigenvalue weighted by molar-refractivity contribution is 6.12. The van der Waals surface area contributed by atoms with Crippen molar-refractivity contribution in [3.05, 3.63) is 82.7 Å². The number of methoxy groups -OCH3 is 1. The van der Waals surface area contributed by atoms with Crippen LogP contribution < -0.4 is 20.3 Å². The van der Waals surface area contributed by atoms with Gasteiger partial charge in [0.05, 0.1) is 30.4 Å². The van der Waals surface area contributed by atoms with Crippen molar-refractivity contribution in [3.8, 4) is 5.75 Å². The van der Waals surface area contributed by atoms with Crippen LogP contribution in [0.3, 0.4) is 0 Å². The smallest absolute Gasteiger partial charge is 0.408 e. The molecular formula is C31H35N5O5. The molecule has 4 aromatic rings. The van der Waals surface area contributed by atoms with E-state index in [9.17, 15) is 14.4 Å². The molecule has 0 saturated heterocycles. The summed E-state index contributed by atoms with van der Waals surface area (Å²) < 4.78 is 10.8. The number of ether oxygens (including phenoxy) is 2. The molecule has 0 unspecified atom stereocenters. The number of rotatable bonds is 7. The van der Waals surface area contributed by atoms with E-state index >= 15 is 0 Å². The van der Waals surface area contributed by atoms with E-state index in [0.717, 1.165) is 16.8 Å². The summed E-state index contributed by atoms with van der Waals surface area (Å²) in [5, 5.41) is 5.52. The number of nitrogens with one attached hydrogen (secondary N) is 3. The normalized spacial score (nSPS) is 11.2. The minimum absolute atomic E-state index is 0.102. The molecule has 0 bridgehead atoms. The lowest BCUT2D eigenvalue weighted by atomic mass is 10.1. The van der Waals surface area contributed by atoms with Gasteiger partial charge < -0.3 is 30.0 Å². The lowest BCUT2D eigenvalue weighted by Gasteiger charge is -2.21. The first-order chi connectivity index (χ1) is 19.4. The Morgan fingerprint density at radius 3 is 2.46 bits per heavy atom. The third-order valence-electron chi connectivity index (χ3n) is 6.32. The largest absolute Gasteiger partial charge is 0.495 e. The number of imidazole rings is 1. The van der Waals surface area contributed by atoms with Crippen LogP contribution in [0.2, 0.25) is 0 Å². The van der Waals surface area contributed by atoms with Crippen molar-refractivity contribution in [2.75, 3.05) is 24.4 Å². The number of nitrogens with zero attached hydrogens (tertiary/aromatic N) is 2. The minimum atomic E-state index is -0.619. The zero-order valence-electron chi connectivity index (χ0n) is 24.3. The second kappa shape index (κ2) is 11.7. The van der Waals surface area contributed by atoms with E-state index in [2.05, 4.69) is 20.6 Å². The zero-order valence-corrected chi connectivity index (χ0v) is 24.3. The average molecular weight is 558 g/mol. The van der Waals surface area contributed by atoms with Gasteiger partial charge in [-0.2, -0.15) is 0 Å². The molecule has 1 heterocycles. The van der Waals surface area contributed by atoms with Crippen LogP contribution in [0.5, 0.6) is 5.75 Å². The molecule has 1 aromatic heterocycles. The number of carbonyl (C=O) groups is 3. The number of benzene rings is 3. The number of aromatic nitrogens is 2. The maximum absolute atomic E-state index is 13.3. The Labute approximate surface area is 239 Å². The van der Waals surface area contributed by atoms with Gasteiger partial charge in [0.15, 0.2) is 0 Å². The number of hydrogen-bond donors (Lipinski definition) is 3. The molecule has 0 fully saturated rings. The maximum atomic E-state index is 13.3. The summed E-state index contributed by atoms with van der Waals surface area (Å²) in [4.78, 5) is 47.8. The fourth-order valence-electron chi connectivity index (χ4n) is 4.42. The number of anilines is 2. The highest BCUT2D eigenvalue weighted by Gasteiger charge is 2.20. The first-order valence-corrected chi connectivity index (χ1v) is 13.2. The predicted octanol–water partition coefficient (Wildman–Crippen LogP) is 5.74. The van der Waals surface area contributed by atoms with Crippen molar-refractivity contribution < 1.29 is 23.9 Å². The van der Waals surface area contributed by atoms with Gasteiger partial charge in [-0.15, -0.1) is 0 Å². The first kappa shape index (κ1) is 29.1. The van der Waals surface area contributed by atoms with Crippen molar-refractivity contribution in [1.29, 1.82) is 0 Å². The molecule has 0 radical (unpaired) electrons. The first-order valence-electron chi connectivity index (χ1n) is 13.2.